The molecule has 0 radical (unpaired) electrons. The van der Waals surface area contributed by atoms with Crippen molar-refractivity contribution < 1.29 is 9.53 Å². The van der Waals surface area contributed by atoms with Gasteiger partial charge in [0, 0.05) is 11.1 Å². The Morgan fingerprint density at radius 2 is 1.91 bits per heavy atom. The largest absolute Gasteiger partial charge is 0.489 e. The summed E-state index contributed by atoms with van der Waals surface area (Å²) in [6, 6.07) is 17.6. The van der Waals surface area contributed by atoms with Crippen LogP contribution in [0.3, 0.4) is 0 Å². The zero-order valence-corrected chi connectivity index (χ0v) is 13.0. The van der Waals surface area contributed by atoms with Crippen LogP contribution in [0.2, 0.25) is 0 Å². The van der Waals surface area contributed by atoms with Gasteiger partial charge in [-0.25, -0.2) is 0 Å². The molecule has 0 saturated carbocycles. The Bertz CT molecular complexity index is 845. The molecule has 0 aliphatic rings. The van der Waals surface area contributed by atoms with E-state index in [0.717, 1.165) is 33.5 Å². The predicted molar refractivity (Wildman–Crippen MR) is 90.2 cm³/mol. The topological polar surface area (TPSA) is 65.2 Å². The second-order valence-electron chi connectivity index (χ2n) is 5.52. The zero-order valence-electron chi connectivity index (χ0n) is 13.0. The van der Waals surface area contributed by atoms with E-state index in [4.69, 9.17) is 10.5 Å². The third-order valence-corrected chi connectivity index (χ3v) is 3.61. The van der Waals surface area contributed by atoms with Gasteiger partial charge in [-0.3, -0.25) is 9.78 Å². The number of hydrogen-bond acceptors (Lipinski definition) is 3. The Hall–Kier alpha value is -2.88. The Morgan fingerprint density at radius 3 is 2.65 bits per heavy atom. The maximum Gasteiger partial charge on any atom is 0.221 e. The van der Waals surface area contributed by atoms with Gasteiger partial charge in [-0.15, -0.1) is 0 Å². The van der Waals surface area contributed by atoms with E-state index in [0.29, 0.717) is 6.61 Å². The molecule has 4 heteroatoms. The third-order valence-electron chi connectivity index (χ3n) is 3.61. The van der Waals surface area contributed by atoms with Crippen molar-refractivity contribution in [3.8, 4) is 5.75 Å². The highest BCUT2D eigenvalue weighted by Gasteiger charge is 2.08. The van der Waals surface area contributed by atoms with Crippen LogP contribution in [0.4, 0.5) is 0 Å². The minimum atomic E-state index is -0.354. The van der Waals surface area contributed by atoms with Crippen LogP contribution in [-0.2, 0) is 17.8 Å². The molecule has 1 amide bonds. The van der Waals surface area contributed by atoms with E-state index in [1.165, 1.54) is 0 Å². The first-order valence-electron chi connectivity index (χ1n) is 7.47. The molecule has 116 valence electrons. The molecule has 4 nitrogen and oxygen atoms in total. The molecule has 3 aromatic rings. The van der Waals surface area contributed by atoms with Gasteiger partial charge in [0.25, 0.3) is 0 Å². The molecule has 0 unspecified atom stereocenters. The molecule has 0 aliphatic heterocycles. The Balaban J connectivity index is 1.90. The number of primary amides is 1. The number of nitrogens with two attached hydrogens (primary N) is 1. The van der Waals surface area contributed by atoms with Crippen LogP contribution in [0.5, 0.6) is 5.75 Å². The Kier molecular flexibility index (Phi) is 4.24. The maximum atomic E-state index is 11.3. The number of fused-ring (bicyclic) bond motifs is 1. The van der Waals surface area contributed by atoms with Gasteiger partial charge in [0.2, 0.25) is 5.91 Å². The van der Waals surface area contributed by atoms with Crippen molar-refractivity contribution in [1.82, 2.24) is 4.98 Å². The first kappa shape index (κ1) is 15.0. The number of benzene rings is 2. The molecule has 0 aliphatic carbocycles. The number of aromatic nitrogens is 1. The van der Waals surface area contributed by atoms with Gasteiger partial charge in [0.15, 0.2) is 0 Å². The van der Waals surface area contributed by atoms with E-state index in [2.05, 4.69) is 4.98 Å². The van der Waals surface area contributed by atoms with E-state index in [1.54, 1.807) is 0 Å². The number of carbonyl (C=O) groups excluding carboxylic acids is 1. The second-order valence-corrected chi connectivity index (χ2v) is 5.52. The highest BCUT2D eigenvalue weighted by atomic mass is 16.5. The van der Waals surface area contributed by atoms with Crippen LogP contribution >= 0.6 is 0 Å². The van der Waals surface area contributed by atoms with Gasteiger partial charge in [-0.1, -0.05) is 30.3 Å². The zero-order chi connectivity index (χ0) is 16.2. The number of pyridine rings is 1. The van der Waals surface area contributed by atoms with E-state index in [9.17, 15) is 4.79 Å². The van der Waals surface area contributed by atoms with Gasteiger partial charge in [0.1, 0.15) is 12.4 Å². The lowest BCUT2D eigenvalue weighted by atomic mass is 10.0. The van der Waals surface area contributed by atoms with Gasteiger partial charge >= 0.3 is 0 Å². The smallest absolute Gasteiger partial charge is 0.221 e. The van der Waals surface area contributed by atoms with Gasteiger partial charge in [0.05, 0.1) is 11.9 Å². The molecule has 0 bridgehead atoms. The number of rotatable bonds is 5. The first-order valence-corrected chi connectivity index (χ1v) is 7.47. The fourth-order valence-corrected chi connectivity index (χ4v) is 2.59. The van der Waals surface area contributed by atoms with Gasteiger partial charge < -0.3 is 10.5 Å². The number of carbonyl (C=O) groups is 1. The lowest BCUT2D eigenvalue weighted by molar-refractivity contribution is -0.117. The normalized spacial score (nSPS) is 10.7. The lowest BCUT2D eigenvalue weighted by Gasteiger charge is -2.10. The molecule has 1 aromatic heterocycles. The molecular weight excluding hydrogens is 288 g/mol. The van der Waals surface area contributed by atoms with Crippen molar-refractivity contribution in [2.75, 3.05) is 0 Å². The Labute approximate surface area is 134 Å². The van der Waals surface area contributed by atoms with Crippen LogP contribution in [0, 0.1) is 6.92 Å². The summed E-state index contributed by atoms with van der Waals surface area (Å²) >= 11 is 0. The summed E-state index contributed by atoms with van der Waals surface area (Å²) in [5.41, 5.74) is 9.04. The number of amides is 1. The standard InChI is InChI=1S/C19H18N2O2/c1-13-9-15(10-19(20)22)17-11-16(7-8-18(17)21-13)23-12-14-5-3-2-4-6-14/h2-9,11H,10,12H2,1H3,(H2,20,22). The van der Waals surface area contributed by atoms with E-state index >= 15 is 0 Å². The van der Waals surface area contributed by atoms with Crippen LogP contribution in [0.25, 0.3) is 10.9 Å². The lowest BCUT2D eigenvalue weighted by Crippen LogP contribution is -2.14. The third kappa shape index (κ3) is 3.66. The quantitative estimate of drug-likeness (QED) is 0.787. The van der Waals surface area contributed by atoms with E-state index < -0.39 is 0 Å². The average Bonchev–Trinajstić information content (AvgIpc) is 2.53. The molecule has 3 rings (SSSR count). The number of aryl methyl sites for hydroxylation is 1. The summed E-state index contributed by atoms with van der Waals surface area (Å²) in [6.07, 6.45) is 0.196. The maximum absolute atomic E-state index is 11.3. The minimum Gasteiger partial charge on any atom is -0.489 e. The first-order chi connectivity index (χ1) is 11.1. The SMILES string of the molecule is Cc1cc(CC(N)=O)c2cc(OCc3ccccc3)ccc2n1. The van der Waals surface area contributed by atoms with Crippen molar-refractivity contribution >= 4 is 16.8 Å². The molecule has 0 spiro atoms. The van der Waals surface area contributed by atoms with Crippen molar-refractivity contribution in [2.24, 2.45) is 5.73 Å². The molecule has 23 heavy (non-hydrogen) atoms. The number of nitrogens with zero attached hydrogens (tertiary/aromatic N) is 1. The van der Waals surface area contributed by atoms with Crippen LogP contribution in [0.1, 0.15) is 16.8 Å². The van der Waals surface area contributed by atoms with Crippen LogP contribution in [-0.4, -0.2) is 10.9 Å². The van der Waals surface area contributed by atoms with Crippen molar-refractivity contribution in [3.05, 3.63) is 71.4 Å². The highest BCUT2D eigenvalue weighted by Crippen LogP contribution is 2.24. The highest BCUT2D eigenvalue weighted by molar-refractivity contribution is 5.88. The molecule has 0 saturated heterocycles. The summed E-state index contributed by atoms with van der Waals surface area (Å²) in [4.78, 5) is 15.8. The molecule has 1 heterocycles. The molecule has 2 aromatic carbocycles. The summed E-state index contributed by atoms with van der Waals surface area (Å²) in [6.45, 7) is 2.40. The summed E-state index contributed by atoms with van der Waals surface area (Å²) in [7, 11) is 0. The van der Waals surface area contributed by atoms with Crippen molar-refractivity contribution in [1.29, 1.82) is 0 Å². The van der Waals surface area contributed by atoms with E-state index in [1.807, 2.05) is 61.5 Å². The molecule has 0 fully saturated rings. The Morgan fingerprint density at radius 1 is 1.13 bits per heavy atom. The van der Waals surface area contributed by atoms with Gasteiger partial charge in [-0.2, -0.15) is 0 Å². The van der Waals surface area contributed by atoms with Crippen molar-refractivity contribution in [3.63, 3.8) is 0 Å². The predicted octanol–water partition coefficient (Wildman–Crippen LogP) is 3.15. The molecule has 2 N–H and O–H groups in total. The second kappa shape index (κ2) is 6.48. The minimum absolute atomic E-state index is 0.196. The molecular formula is C19H18N2O2. The summed E-state index contributed by atoms with van der Waals surface area (Å²) in [5, 5.41) is 0.903. The summed E-state index contributed by atoms with van der Waals surface area (Å²) < 4.78 is 5.85. The fraction of sp³-hybridized carbons (Fsp3) is 0.158. The fourth-order valence-electron chi connectivity index (χ4n) is 2.59. The number of hydrogen-bond donors (Lipinski definition) is 1. The van der Waals surface area contributed by atoms with Crippen molar-refractivity contribution in [2.45, 2.75) is 20.0 Å². The molecule has 0 atom stereocenters. The monoisotopic (exact) mass is 306 g/mol. The van der Waals surface area contributed by atoms with Crippen LogP contribution in [0.15, 0.2) is 54.6 Å². The summed E-state index contributed by atoms with van der Waals surface area (Å²) in [5.74, 6) is 0.394. The average molecular weight is 306 g/mol. The van der Waals surface area contributed by atoms with E-state index in [-0.39, 0.29) is 12.3 Å². The van der Waals surface area contributed by atoms with Crippen LogP contribution < -0.4 is 10.5 Å². The number of ether oxygens (including phenoxy) is 1. The van der Waals surface area contributed by atoms with Gasteiger partial charge in [-0.05, 0) is 42.3 Å².